The van der Waals surface area contributed by atoms with E-state index in [0.717, 1.165) is 30.3 Å². The normalized spacial score (nSPS) is 16.8. The average Bonchev–Trinajstić information content (AvgIpc) is 2.97. The molecule has 1 aromatic heterocycles. The minimum Gasteiger partial charge on any atom is -0.341 e. The second kappa shape index (κ2) is 5.65. The molecule has 1 fully saturated rings. The first-order valence-corrected chi connectivity index (χ1v) is 7.18. The number of amides is 1. The van der Waals surface area contributed by atoms with Gasteiger partial charge in [0.2, 0.25) is 5.91 Å². The Balaban J connectivity index is 1.98. The molecule has 3 nitrogen and oxygen atoms in total. The Morgan fingerprint density at radius 1 is 1.65 bits per heavy atom. The lowest BCUT2D eigenvalue weighted by Gasteiger charge is -2.24. The van der Waals surface area contributed by atoms with Crippen LogP contribution in [0.2, 0.25) is 0 Å². The monoisotopic (exact) mass is 252 g/mol. The summed E-state index contributed by atoms with van der Waals surface area (Å²) in [5.41, 5.74) is 6.03. The highest BCUT2D eigenvalue weighted by Gasteiger charge is 2.29. The molecule has 4 heteroatoms. The van der Waals surface area contributed by atoms with Crippen molar-refractivity contribution in [2.45, 2.75) is 32.2 Å². The van der Waals surface area contributed by atoms with E-state index < -0.39 is 6.04 Å². The zero-order valence-electron chi connectivity index (χ0n) is 10.3. The minimum atomic E-state index is -0.472. The fourth-order valence-corrected chi connectivity index (χ4v) is 2.68. The number of rotatable bonds is 6. The summed E-state index contributed by atoms with van der Waals surface area (Å²) < 4.78 is 0. The zero-order valence-corrected chi connectivity index (χ0v) is 11.1. The Morgan fingerprint density at radius 2 is 2.41 bits per heavy atom. The van der Waals surface area contributed by atoms with Crippen LogP contribution in [0.4, 0.5) is 0 Å². The molecular formula is C13H20N2OS. The molecule has 2 rings (SSSR count). The summed E-state index contributed by atoms with van der Waals surface area (Å²) in [5, 5.41) is 1.97. The van der Waals surface area contributed by atoms with Crippen LogP contribution in [0.5, 0.6) is 0 Å². The Bertz CT molecular complexity index is 360. The molecule has 1 unspecified atom stereocenters. The van der Waals surface area contributed by atoms with Gasteiger partial charge in [0, 0.05) is 18.0 Å². The van der Waals surface area contributed by atoms with Crippen LogP contribution in [-0.4, -0.2) is 23.9 Å². The summed E-state index contributed by atoms with van der Waals surface area (Å²) in [6.45, 7) is 3.82. The van der Waals surface area contributed by atoms with Gasteiger partial charge in [0.15, 0.2) is 0 Å². The van der Waals surface area contributed by atoms with Crippen LogP contribution in [0.25, 0.3) is 0 Å². The second-order valence-corrected chi connectivity index (χ2v) is 5.70. The van der Waals surface area contributed by atoms with Crippen molar-refractivity contribution in [1.82, 2.24) is 4.90 Å². The number of carbonyl (C=O) groups is 1. The van der Waals surface area contributed by atoms with Gasteiger partial charge in [-0.3, -0.25) is 4.79 Å². The SMILES string of the molecule is CCCN(CC1CC1)C(=O)C(N)c1cccs1. The van der Waals surface area contributed by atoms with Crippen molar-refractivity contribution >= 4 is 17.2 Å². The summed E-state index contributed by atoms with van der Waals surface area (Å²) in [6.07, 6.45) is 3.53. The van der Waals surface area contributed by atoms with Crippen LogP contribution in [0.1, 0.15) is 37.1 Å². The van der Waals surface area contributed by atoms with Crippen LogP contribution in [-0.2, 0) is 4.79 Å². The molecule has 1 aromatic rings. The largest absolute Gasteiger partial charge is 0.341 e. The molecule has 0 aliphatic heterocycles. The van der Waals surface area contributed by atoms with Gasteiger partial charge in [0.05, 0.1) is 0 Å². The quantitative estimate of drug-likeness (QED) is 0.845. The second-order valence-electron chi connectivity index (χ2n) is 4.72. The molecule has 0 radical (unpaired) electrons. The summed E-state index contributed by atoms with van der Waals surface area (Å²) in [5.74, 6) is 0.808. The molecule has 17 heavy (non-hydrogen) atoms. The lowest BCUT2D eigenvalue weighted by Crippen LogP contribution is -2.40. The molecule has 1 amide bonds. The van der Waals surface area contributed by atoms with Gasteiger partial charge in [-0.15, -0.1) is 11.3 Å². The minimum absolute atomic E-state index is 0.0844. The fourth-order valence-electron chi connectivity index (χ4n) is 1.96. The first-order chi connectivity index (χ1) is 8.22. The maximum Gasteiger partial charge on any atom is 0.244 e. The van der Waals surface area contributed by atoms with E-state index in [9.17, 15) is 4.79 Å². The van der Waals surface area contributed by atoms with Gasteiger partial charge in [-0.1, -0.05) is 13.0 Å². The molecule has 0 saturated heterocycles. The summed E-state index contributed by atoms with van der Waals surface area (Å²) in [6, 6.07) is 3.41. The third kappa shape index (κ3) is 3.30. The molecule has 1 aliphatic carbocycles. The van der Waals surface area contributed by atoms with Gasteiger partial charge >= 0.3 is 0 Å². The molecule has 0 bridgehead atoms. The van der Waals surface area contributed by atoms with Crippen molar-refractivity contribution in [1.29, 1.82) is 0 Å². The maximum atomic E-state index is 12.3. The maximum absolute atomic E-state index is 12.3. The molecule has 0 spiro atoms. The number of thiophene rings is 1. The lowest BCUT2D eigenvalue weighted by molar-refractivity contribution is -0.133. The lowest BCUT2D eigenvalue weighted by atomic mass is 10.2. The molecule has 1 saturated carbocycles. The predicted molar refractivity (Wildman–Crippen MR) is 70.8 cm³/mol. The summed E-state index contributed by atoms with van der Waals surface area (Å²) in [4.78, 5) is 15.2. The standard InChI is InChI=1S/C13H20N2OS/c1-2-7-15(9-10-5-6-10)13(16)12(14)11-4-3-8-17-11/h3-4,8,10,12H,2,5-7,9,14H2,1H3. The first kappa shape index (κ1) is 12.6. The number of hydrogen-bond donors (Lipinski definition) is 1. The summed E-state index contributed by atoms with van der Waals surface area (Å²) in [7, 11) is 0. The Kier molecular flexibility index (Phi) is 4.18. The van der Waals surface area contributed by atoms with Crippen molar-refractivity contribution in [3.8, 4) is 0 Å². The number of nitrogens with two attached hydrogens (primary N) is 1. The smallest absolute Gasteiger partial charge is 0.244 e. The predicted octanol–water partition coefficient (Wildman–Crippen LogP) is 2.40. The molecular weight excluding hydrogens is 232 g/mol. The van der Waals surface area contributed by atoms with E-state index in [1.807, 2.05) is 22.4 Å². The Labute approximate surface area is 107 Å². The van der Waals surface area contributed by atoms with E-state index in [0.29, 0.717) is 0 Å². The Morgan fingerprint density at radius 3 is 2.94 bits per heavy atom. The van der Waals surface area contributed by atoms with Crippen LogP contribution in [0, 0.1) is 5.92 Å². The van der Waals surface area contributed by atoms with Gasteiger partial charge in [0.25, 0.3) is 0 Å². The van der Waals surface area contributed by atoms with E-state index in [-0.39, 0.29) is 5.91 Å². The van der Waals surface area contributed by atoms with Crippen LogP contribution in [0.3, 0.4) is 0 Å². The highest BCUT2D eigenvalue weighted by molar-refractivity contribution is 7.10. The molecule has 2 N–H and O–H groups in total. The molecule has 1 heterocycles. The molecule has 94 valence electrons. The van der Waals surface area contributed by atoms with Crippen LogP contribution < -0.4 is 5.73 Å². The summed E-state index contributed by atoms with van der Waals surface area (Å²) >= 11 is 1.56. The first-order valence-electron chi connectivity index (χ1n) is 6.30. The van der Waals surface area contributed by atoms with Gasteiger partial charge in [-0.2, -0.15) is 0 Å². The highest BCUT2D eigenvalue weighted by atomic mass is 32.1. The van der Waals surface area contributed by atoms with Crippen molar-refractivity contribution in [2.24, 2.45) is 11.7 Å². The van der Waals surface area contributed by atoms with Gasteiger partial charge < -0.3 is 10.6 Å². The van der Waals surface area contributed by atoms with Gasteiger partial charge in [-0.05, 0) is 36.6 Å². The van der Waals surface area contributed by atoms with E-state index in [1.54, 1.807) is 11.3 Å². The van der Waals surface area contributed by atoms with Crippen molar-refractivity contribution in [3.63, 3.8) is 0 Å². The fraction of sp³-hybridized carbons (Fsp3) is 0.615. The Hall–Kier alpha value is -0.870. The van der Waals surface area contributed by atoms with E-state index >= 15 is 0 Å². The van der Waals surface area contributed by atoms with Gasteiger partial charge in [-0.25, -0.2) is 0 Å². The van der Waals surface area contributed by atoms with Gasteiger partial charge in [0.1, 0.15) is 6.04 Å². The van der Waals surface area contributed by atoms with Crippen LogP contribution in [0.15, 0.2) is 17.5 Å². The zero-order chi connectivity index (χ0) is 12.3. The highest BCUT2D eigenvalue weighted by Crippen LogP contribution is 2.30. The van der Waals surface area contributed by atoms with E-state index in [2.05, 4.69) is 6.92 Å². The molecule has 0 aromatic carbocycles. The van der Waals surface area contributed by atoms with Crippen molar-refractivity contribution in [3.05, 3.63) is 22.4 Å². The van der Waals surface area contributed by atoms with Crippen LogP contribution >= 0.6 is 11.3 Å². The number of nitrogens with zero attached hydrogens (tertiary/aromatic N) is 1. The van der Waals surface area contributed by atoms with E-state index in [4.69, 9.17) is 5.73 Å². The number of carbonyl (C=O) groups excluding carboxylic acids is 1. The topological polar surface area (TPSA) is 46.3 Å². The van der Waals surface area contributed by atoms with E-state index in [1.165, 1.54) is 12.8 Å². The average molecular weight is 252 g/mol. The number of hydrogen-bond acceptors (Lipinski definition) is 3. The van der Waals surface area contributed by atoms with Crippen molar-refractivity contribution < 1.29 is 4.79 Å². The third-order valence-electron chi connectivity index (χ3n) is 3.10. The molecule has 1 aliphatic rings. The third-order valence-corrected chi connectivity index (χ3v) is 4.05. The van der Waals surface area contributed by atoms with Crippen molar-refractivity contribution in [2.75, 3.05) is 13.1 Å². The molecule has 1 atom stereocenters.